The molecule has 0 radical (unpaired) electrons. The molecule has 2 heteroatoms. The fraction of sp³-hybridized carbons (Fsp3) is 0.312. The highest BCUT2D eigenvalue weighted by molar-refractivity contribution is 5.28. The fourth-order valence-electron chi connectivity index (χ4n) is 2.59. The number of pyridine rings is 1. The monoisotopic (exact) mass is 239 g/mol. The van der Waals surface area contributed by atoms with Crippen LogP contribution in [-0.4, -0.2) is 10.1 Å². The van der Waals surface area contributed by atoms with E-state index >= 15 is 0 Å². The van der Waals surface area contributed by atoms with Crippen LogP contribution < -0.4 is 0 Å². The maximum Gasteiger partial charge on any atom is 0.0993 e. The Morgan fingerprint density at radius 3 is 2.72 bits per heavy atom. The van der Waals surface area contributed by atoms with Gasteiger partial charge in [0.25, 0.3) is 0 Å². The third kappa shape index (κ3) is 2.16. The van der Waals surface area contributed by atoms with Gasteiger partial charge in [-0.25, -0.2) is 0 Å². The minimum atomic E-state index is -0.435. The Morgan fingerprint density at radius 1 is 1.22 bits per heavy atom. The predicted molar refractivity (Wildman–Crippen MR) is 71.2 cm³/mol. The number of nitrogens with zero attached hydrogens (tertiary/aromatic N) is 1. The van der Waals surface area contributed by atoms with E-state index in [1.54, 1.807) is 6.20 Å². The molecule has 1 aromatic heterocycles. The number of aliphatic hydroxyl groups excluding tert-OH is 1. The SMILES string of the molecule is Cc1ccnc(C(O)C2CC2c2ccccc2)c1. The molecule has 1 saturated carbocycles. The zero-order chi connectivity index (χ0) is 12.5. The summed E-state index contributed by atoms with van der Waals surface area (Å²) in [6.07, 6.45) is 2.39. The second-order valence-corrected chi connectivity index (χ2v) is 5.12. The summed E-state index contributed by atoms with van der Waals surface area (Å²) in [6, 6.07) is 14.4. The highest BCUT2D eigenvalue weighted by atomic mass is 16.3. The Hall–Kier alpha value is -1.67. The van der Waals surface area contributed by atoms with Crippen molar-refractivity contribution < 1.29 is 5.11 Å². The van der Waals surface area contributed by atoms with Crippen LogP contribution in [0.2, 0.25) is 0 Å². The van der Waals surface area contributed by atoms with Crippen molar-refractivity contribution in [1.29, 1.82) is 0 Å². The van der Waals surface area contributed by atoms with Crippen molar-refractivity contribution in [3.8, 4) is 0 Å². The van der Waals surface area contributed by atoms with Gasteiger partial charge in [0.05, 0.1) is 11.8 Å². The molecular formula is C16H17NO. The molecule has 92 valence electrons. The van der Waals surface area contributed by atoms with Gasteiger partial charge in [-0.15, -0.1) is 0 Å². The zero-order valence-electron chi connectivity index (χ0n) is 10.5. The summed E-state index contributed by atoms with van der Waals surface area (Å²) in [5.41, 5.74) is 3.28. The smallest absolute Gasteiger partial charge is 0.0993 e. The molecule has 0 bridgehead atoms. The van der Waals surface area contributed by atoms with Gasteiger partial charge in [-0.2, -0.15) is 0 Å². The molecule has 2 nitrogen and oxygen atoms in total. The summed E-state index contributed by atoms with van der Waals surface area (Å²) in [6.45, 7) is 2.03. The molecular weight excluding hydrogens is 222 g/mol. The van der Waals surface area contributed by atoms with Gasteiger partial charge in [-0.3, -0.25) is 4.98 Å². The second-order valence-electron chi connectivity index (χ2n) is 5.12. The Bertz CT molecular complexity index is 538. The largest absolute Gasteiger partial charge is 0.386 e. The van der Waals surface area contributed by atoms with Gasteiger partial charge in [0.2, 0.25) is 0 Å². The molecule has 2 aromatic rings. The Morgan fingerprint density at radius 2 is 2.00 bits per heavy atom. The van der Waals surface area contributed by atoms with Crippen LogP contribution in [0, 0.1) is 12.8 Å². The van der Waals surface area contributed by atoms with Crippen LogP contribution in [0.25, 0.3) is 0 Å². The van der Waals surface area contributed by atoms with E-state index in [1.807, 2.05) is 25.1 Å². The first kappa shape index (κ1) is 11.4. The molecule has 1 aliphatic carbocycles. The van der Waals surface area contributed by atoms with Crippen molar-refractivity contribution in [2.24, 2.45) is 5.92 Å². The molecule has 3 atom stereocenters. The van der Waals surface area contributed by atoms with Crippen molar-refractivity contribution in [3.63, 3.8) is 0 Å². The zero-order valence-corrected chi connectivity index (χ0v) is 10.5. The topological polar surface area (TPSA) is 33.1 Å². The predicted octanol–water partition coefficient (Wildman–Crippen LogP) is 3.23. The average Bonchev–Trinajstić information content (AvgIpc) is 3.19. The molecule has 0 aliphatic heterocycles. The maximum absolute atomic E-state index is 10.4. The molecule has 1 N–H and O–H groups in total. The molecule has 0 amide bonds. The van der Waals surface area contributed by atoms with E-state index < -0.39 is 6.10 Å². The summed E-state index contributed by atoms with van der Waals surface area (Å²) in [5, 5.41) is 10.4. The van der Waals surface area contributed by atoms with Crippen molar-refractivity contribution >= 4 is 0 Å². The fourth-order valence-corrected chi connectivity index (χ4v) is 2.59. The van der Waals surface area contributed by atoms with Gasteiger partial charge in [0.1, 0.15) is 0 Å². The van der Waals surface area contributed by atoms with Crippen molar-refractivity contribution in [2.75, 3.05) is 0 Å². The highest BCUT2D eigenvalue weighted by Gasteiger charge is 2.44. The summed E-state index contributed by atoms with van der Waals surface area (Å²) < 4.78 is 0. The van der Waals surface area contributed by atoms with Gasteiger partial charge in [0, 0.05) is 6.20 Å². The second kappa shape index (κ2) is 4.54. The Labute approximate surface area is 107 Å². The van der Waals surface area contributed by atoms with E-state index in [2.05, 4.69) is 29.2 Å². The molecule has 1 fully saturated rings. The normalized spacial score (nSPS) is 23.7. The Kier molecular flexibility index (Phi) is 2.88. The van der Waals surface area contributed by atoms with E-state index in [4.69, 9.17) is 0 Å². The number of hydrogen-bond acceptors (Lipinski definition) is 2. The lowest BCUT2D eigenvalue weighted by Gasteiger charge is -2.10. The molecule has 0 saturated heterocycles. The lowest BCUT2D eigenvalue weighted by Crippen LogP contribution is -2.04. The van der Waals surface area contributed by atoms with E-state index in [1.165, 1.54) is 5.56 Å². The summed E-state index contributed by atoms with van der Waals surface area (Å²) in [4.78, 5) is 4.28. The van der Waals surface area contributed by atoms with Gasteiger partial charge < -0.3 is 5.11 Å². The molecule has 1 aliphatic rings. The first-order chi connectivity index (χ1) is 8.75. The number of aliphatic hydroxyl groups is 1. The van der Waals surface area contributed by atoms with Crippen LogP contribution in [-0.2, 0) is 0 Å². The van der Waals surface area contributed by atoms with Gasteiger partial charge in [-0.1, -0.05) is 30.3 Å². The molecule has 0 spiro atoms. The van der Waals surface area contributed by atoms with Gasteiger partial charge in [-0.05, 0) is 48.4 Å². The average molecular weight is 239 g/mol. The quantitative estimate of drug-likeness (QED) is 0.892. The van der Waals surface area contributed by atoms with Crippen LogP contribution in [0.3, 0.4) is 0 Å². The third-order valence-corrected chi connectivity index (χ3v) is 3.71. The van der Waals surface area contributed by atoms with Crippen LogP contribution in [0.5, 0.6) is 0 Å². The number of aryl methyl sites for hydroxylation is 1. The van der Waals surface area contributed by atoms with E-state index in [-0.39, 0.29) is 0 Å². The number of benzene rings is 1. The molecule has 18 heavy (non-hydrogen) atoms. The lowest BCUT2D eigenvalue weighted by atomic mass is 10.0. The minimum absolute atomic E-state index is 0.321. The van der Waals surface area contributed by atoms with E-state index in [0.717, 1.165) is 17.7 Å². The number of aromatic nitrogens is 1. The summed E-state index contributed by atoms with van der Waals surface area (Å²) in [5.74, 6) is 0.810. The minimum Gasteiger partial charge on any atom is -0.386 e. The van der Waals surface area contributed by atoms with Crippen LogP contribution in [0.1, 0.15) is 35.3 Å². The van der Waals surface area contributed by atoms with Gasteiger partial charge >= 0.3 is 0 Å². The molecule has 1 aromatic carbocycles. The summed E-state index contributed by atoms with van der Waals surface area (Å²) in [7, 11) is 0. The third-order valence-electron chi connectivity index (χ3n) is 3.71. The van der Waals surface area contributed by atoms with Crippen molar-refractivity contribution in [3.05, 3.63) is 65.5 Å². The lowest BCUT2D eigenvalue weighted by molar-refractivity contribution is 0.146. The number of rotatable bonds is 3. The Balaban J connectivity index is 1.75. The molecule has 1 heterocycles. The molecule has 3 unspecified atom stereocenters. The first-order valence-electron chi connectivity index (χ1n) is 6.41. The summed E-state index contributed by atoms with van der Waals surface area (Å²) >= 11 is 0. The number of hydrogen-bond donors (Lipinski definition) is 1. The van der Waals surface area contributed by atoms with E-state index in [9.17, 15) is 5.11 Å². The van der Waals surface area contributed by atoms with Gasteiger partial charge in [0.15, 0.2) is 0 Å². The van der Waals surface area contributed by atoms with Crippen LogP contribution in [0.15, 0.2) is 48.7 Å². The standard InChI is InChI=1S/C16H17NO/c1-11-7-8-17-15(9-11)16(18)14-10-13(14)12-5-3-2-4-6-12/h2-9,13-14,16,18H,10H2,1H3. The van der Waals surface area contributed by atoms with E-state index in [0.29, 0.717) is 11.8 Å². The van der Waals surface area contributed by atoms with Crippen molar-refractivity contribution in [1.82, 2.24) is 4.98 Å². The molecule has 3 rings (SSSR count). The first-order valence-corrected chi connectivity index (χ1v) is 6.41. The van der Waals surface area contributed by atoms with Crippen molar-refractivity contribution in [2.45, 2.75) is 25.4 Å². The maximum atomic E-state index is 10.4. The van der Waals surface area contributed by atoms with Crippen LogP contribution in [0.4, 0.5) is 0 Å². The highest BCUT2D eigenvalue weighted by Crippen LogP contribution is 2.53. The van der Waals surface area contributed by atoms with Crippen LogP contribution >= 0.6 is 0 Å².